The predicted octanol–water partition coefficient (Wildman–Crippen LogP) is 1.42. The van der Waals surface area contributed by atoms with Gasteiger partial charge in [0.2, 0.25) is 5.91 Å². The summed E-state index contributed by atoms with van der Waals surface area (Å²) in [5.41, 5.74) is 0. The van der Waals surface area contributed by atoms with Crippen molar-refractivity contribution in [1.82, 2.24) is 20.2 Å². The summed E-state index contributed by atoms with van der Waals surface area (Å²) in [6, 6.07) is 0. The van der Waals surface area contributed by atoms with Crippen LogP contribution in [0.3, 0.4) is 0 Å². The quantitative estimate of drug-likeness (QED) is 0.742. The second-order valence-electron chi connectivity index (χ2n) is 5.77. The molecular weight excluding hydrogens is 252 g/mol. The Morgan fingerprint density at radius 2 is 2.30 bits per heavy atom. The molecule has 5 heteroatoms. The van der Waals surface area contributed by atoms with E-state index in [4.69, 9.17) is 0 Å². The lowest BCUT2D eigenvalue weighted by Crippen LogP contribution is -2.33. The van der Waals surface area contributed by atoms with Gasteiger partial charge in [0.15, 0.2) is 0 Å². The Morgan fingerprint density at radius 1 is 1.50 bits per heavy atom. The zero-order valence-electron chi connectivity index (χ0n) is 12.3. The lowest BCUT2D eigenvalue weighted by atomic mass is 9.84. The van der Waals surface area contributed by atoms with E-state index in [2.05, 4.69) is 22.5 Å². The number of nitrogens with zero attached hydrogens (tertiary/aromatic N) is 2. The molecular formula is C15H26N4O. The normalized spacial score (nSPS) is 17.9. The van der Waals surface area contributed by atoms with Crippen LogP contribution < -0.4 is 10.6 Å². The van der Waals surface area contributed by atoms with E-state index in [0.717, 1.165) is 32.6 Å². The molecule has 1 amide bonds. The molecule has 1 aromatic heterocycles. The first-order chi connectivity index (χ1) is 9.75. The van der Waals surface area contributed by atoms with Crippen molar-refractivity contribution in [3.05, 3.63) is 18.7 Å². The van der Waals surface area contributed by atoms with E-state index in [-0.39, 0.29) is 5.91 Å². The lowest BCUT2D eigenvalue weighted by molar-refractivity contribution is -0.122. The Bertz CT molecular complexity index is 385. The van der Waals surface area contributed by atoms with Crippen LogP contribution in [0.15, 0.2) is 18.7 Å². The first kappa shape index (κ1) is 15.0. The van der Waals surface area contributed by atoms with Crippen molar-refractivity contribution < 1.29 is 4.79 Å². The monoisotopic (exact) mass is 278 g/mol. The van der Waals surface area contributed by atoms with Crippen LogP contribution in [0, 0.1) is 11.8 Å². The van der Waals surface area contributed by atoms with Crippen LogP contribution in [0.4, 0.5) is 0 Å². The number of piperidine rings is 1. The molecule has 1 aliphatic heterocycles. The number of carbonyl (C=O) groups is 1. The second kappa shape index (κ2) is 8.04. The molecule has 112 valence electrons. The smallest absolute Gasteiger partial charge is 0.220 e. The maximum absolute atomic E-state index is 11.9. The lowest BCUT2D eigenvalue weighted by Gasteiger charge is -2.27. The molecule has 1 fully saturated rings. The molecule has 2 rings (SSSR count). The van der Waals surface area contributed by atoms with Gasteiger partial charge in [-0.25, -0.2) is 4.98 Å². The van der Waals surface area contributed by atoms with Crippen molar-refractivity contribution >= 4 is 5.91 Å². The van der Waals surface area contributed by atoms with E-state index in [1.807, 2.05) is 10.8 Å². The molecule has 20 heavy (non-hydrogen) atoms. The SMILES string of the molecule is CC(CC(=O)NCCCn1ccnc1)C1CCNCC1. The van der Waals surface area contributed by atoms with Crippen LogP contribution in [0.2, 0.25) is 0 Å². The number of aryl methyl sites for hydroxylation is 1. The van der Waals surface area contributed by atoms with Crippen LogP contribution in [-0.2, 0) is 11.3 Å². The number of imidazole rings is 1. The summed E-state index contributed by atoms with van der Waals surface area (Å²) in [5, 5.41) is 6.40. The van der Waals surface area contributed by atoms with Gasteiger partial charge in [0.1, 0.15) is 0 Å². The summed E-state index contributed by atoms with van der Waals surface area (Å²) >= 11 is 0. The van der Waals surface area contributed by atoms with Crippen LogP contribution in [-0.4, -0.2) is 35.1 Å². The topological polar surface area (TPSA) is 59.0 Å². The van der Waals surface area contributed by atoms with Gasteiger partial charge in [-0.2, -0.15) is 0 Å². The van der Waals surface area contributed by atoms with Gasteiger partial charge in [0.05, 0.1) is 6.33 Å². The highest BCUT2D eigenvalue weighted by Crippen LogP contribution is 2.23. The standard InChI is InChI=1S/C15H26N4O/c1-13(14-3-6-16-7-4-14)11-15(20)18-5-2-9-19-10-8-17-12-19/h8,10,12-14,16H,2-7,9,11H2,1H3,(H,18,20). The number of nitrogens with one attached hydrogen (secondary N) is 2. The van der Waals surface area contributed by atoms with Crippen molar-refractivity contribution in [3.8, 4) is 0 Å². The van der Waals surface area contributed by atoms with Gasteiger partial charge < -0.3 is 15.2 Å². The van der Waals surface area contributed by atoms with Crippen molar-refractivity contribution in [1.29, 1.82) is 0 Å². The molecule has 0 bridgehead atoms. The van der Waals surface area contributed by atoms with E-state index < -0.39 is 0 Å². The highest BCUT2D eigenvalue weighted by molar-refractivity contribution is 5.76. The van der Waals surface area contributed by atoms with Gasteiger partial charge in [-0.1, -0.05) is 6.92 Å². The third-order valence-electron chi connectivity index (χ3n) is 4.17. The molecule has 1 atom stereocenters. The van der Waals surface area contributed by atoms with Gasteiger partial charge in [0, 0.05) is 31.9 Å². The summed E-state index contributed by atoms with van der Waals surface area (Å²) in [6.45, 7) is 6.06. The average molecular weight is 278 g/mol. The number of aromatic nitrogens is 2. The van der Waals surface area contributed by atoms with Crippen molar-refractivity contribution in [2.45, 2.75) is 39.2 Å². The zero-order chi connectivity index (χ0) is 14.2. The van der Waals surface area contributed by atoms with E-state index in [1.165, 1.54) is 12.8 Å². The molecule has 0 spiro atoms. The Labute approximate surface area is 121 Å². The van der Waals surface area contributed by atoms with Crippen LogP contribution in [0.1, 0.15) is 32.6 Å². The van der Waals surface area contributed by atoms with Crippen molar-refractivity contribution in [3.63, 3.8) is 0 Å². The molecule has 0 saturated carbocycles. The largest absolute Gasteiger partial charge is 0.356 e. The predicted molar refractivity (Wildman–Crippen MR) is 79.2 cm³/mol. The molecule has 1 unspecified atom stereocenters. The summed E-state index contributed by atoms with van der Waals surface area (Å²) in [4.78, 5) is 15.9. The van der Waals surface area contributed by atoms with Crippen molar-refractivity contribution in [2.24, 2.45) is 11.8 Å². The maximum atomic E-state index is 11.9. The fourth-order valence-corrected chi connectivity index (χ4v) is 2.85. The fraction of sp³-hybridized carbons (Fsp3) is 0.733. The zero-order valence-corrected chi connectivity index (χ0v) is 12.3. The minimum Gasteiger partial charge on any atom is -0.356 e. The van der Waals surface area contributed by atoms with E-state index >= 15 is 0 Å². The molecule has 2 N–H and O–H groups in total. The molecule has 1 saturated heterocycles. The highest BCUT2D eigenvalue weighted by Gasteiger charge is 2.21. The molecule has 2 heterocycles. The first-order valence-electron chi connectivity index (χ1n) is 7.69. The summed E-state index contributed by atoms with van der Waals surface area (Å²) in [5.74, 6) is 1.39. The van der Waals surface area contributed by atoms with E-state index in [0.29, 0.717) is 18.3 Å². The van der Waals surface area contributed by atoms with Crippen LogP contribution in [0.25, 0.3) is 0 Å². The number of hydrogen-bond acceptors (Lipinski definition) is 3. The Balaban J connectivity index is 1.57. The Morgan fingerprint density at radius 3 is 3.00 bits per heavy atom. The molecule has 0 radical (unpaired) electrons. The number of hydrogen-bond donors (Lipinski definition) is 2. The molecule has 1 aliphatic rings. The maximum Gasteiger partial charge on any atom is 0.220 e. The van der Waals surface area contributed by atoms with Gasteiger partial charge in [-0.15, -0.1) is 0 Å². The fourth-order valence-electron chi connectivity index (χ4n) is 2.85. The Kier molecular flexibility index (Phi) is 6.05. The molecule has 1 aromatic rings. The van der Waals surface area contributed by atoms with E-state index in [1.54, 1.807) is 12.5 Å². The summed E-state index contributed by atoms with van der Waals surface area (Å²) in [6.07, 6.45) is 9.55. The summed E-state index contributed by atoms with van der Waals surface area (Å²) in [7, 11) is 0. The average Bonchev–Trinajstić information content (AvgIpc) is 2.98. The first-order valence-corrected chi connectivity index (χ1v) is 7.69. The van der Waals surface area contributed by atoms with Crippen LogP contribution >= 0.6 is 0 Å². The minimum atomic E-state index is 0.196. The van der Waals surface area contributed by atoms with E-state index in [9.17, 15) is 4.79 Å². The van der Waals surface area contributed by atoms with Gasteiger partial charge in [0.25, 0.3) is 0 Å². The number of carbonyl (C=O) groups excluding carboxylic acids is 1. The highest BCUT2D eigenvalue weighted by atomic mass is 16.1. The summed E-state index contributed by atoms with van der Waals surface area (Å²) < 4.78 is 2.03. The van der Waals surface area contributed by atoms with Crippen LogP contribution in [0.5, 0.6) is 0 Å². The molecule has 0 aromatic carbocycles. The molecule has 5 nitrogen and oxygen atoms in total. The van der Waals surface area contributed by atoms with Gasteiger partial charge in [-0.3, -0.25) is 4.79 Å². The third kappa shape index (κ3) is 4.96. The second-order valence-corrected chi connectivity index (χ2v) is 5.77. The Hall–Kier alpha value is -1.36. The number of rotatable bonds is 7. The van der Waals surface area contributed by atoms with Gasteiger partial charge >= 0.3 is 0 Å². The third-order valence-corrected chi connectivity index (χ3v) is 4.17. The number of amides is 1. The minimum absolute atomic E-state index is 0.196. The van der Waals surface area contributed by atoms with Gasteiger partial charge in [-0.05, 0) is 44.2 Å². The van der Waals surface area contributed by atoms with Crippen molar-refractivity contribution in [2.75, 3.05) is 19.6 Å². The molecule has 0 aliphatic carbocycles.